The van der Waals surface area contributed by atoms with E-state index < -0.39 is 15.8 Å². The molecule has 0 unspecified atom stereocenters. The number of nitriles is 1. The molecule has 0 atom stereocenters. The Hall–Kier alpha value is -2.50. The number of halogens is 1. The summed E-state index contributed by atoms with van der Waals surface area (Å²) >= 11 is 0. The van der Waals surface area contributed by atoms with Gasteiger partial charge in [0.15, 0.2) is 0 Å². The van der Waals surface area contributed by atoms with Gasteiger partial charge in [-0.15, -0.1) is 0 Å². The van der Waals surface area contributed by atoms with Crippen molar-refractivity contribution in [2.75, 3.05) is 13.1 Å². The van der Waals surface area contributed by atoms with E-state index in [1.807, 2.05) is 6.07 Å². The van der Waals surface area contributed by atoms with Crippen LogP contribution in [-0.4, -0.2) is 36.9 Å². The Labute approximate surface area is 139 Å². The quantitative estimate of drug-likeness (QED) is 0.822. The molecule has 24 heavy (non-hydrogen) atoms. The van der Waals surface area contributed by atoms with Crippen LogP contribution in [0.1, 0.15) is 11.1 Å². The molecule has 1 aliphatic heterocycles. The van der Waals surface area contributed by atoms with Gasteiger partial charge in [-0.3, -0.25) is 0 Å². The summed E-state index contributed by atoms with van der Waals surface area (Å²) in [4.78, 5) is 3.98. The molecule has 0 radical (unpaired) electrons. The zero-order valence-electron chi connectivity index (χ0n) is 12.6. The minimum Gasteiger partial charge on any atom is -0.471 e. The lowest BCUT2D eigenvalue weighted by atomic mass is 10.2. The van der Waals surface area contributed by atoms with Gasteiger partial charge in [0.2, 0.25) is 15.9 Å². The lowest BCUT2D eigenvalue weighted by Crippen LogP contribution is -2.56. The van der Waals surface area contributed by atoms with Crippen LogP contribution >= 0.6 is 0 Å². The summed E-state index contributed by atoms with van der Waals surface area (Å²) in [5.41, 5.74) is 0.703. The lowest BCUT2D eigenvalue weighted by molar-refractivity contribution is 0.0717. The fourth-order valence-corrected chi connectivity index (χ4v) is 3.93. The predicted molar refractivity (Wildman–Crippen MR) is 84.0 cm³/mol. The Kier molecular flexibility index (Phi) is 4.46. The van der Waals surface area contributed by atoms with Crippen molar-refractivity contribution in [3.63, 3.8) is 0 Å². The first-order valence-electron chi connectivity index (χ1n) is 7.22. The highest BCUT2D eigenvalue weighted by Crippen LogP contribution is 2.23. The van der Waals surface area contributed by atoms with Crippen LogP contribution in [-0.2, 0) is 15.8 Å². The summed E-state index contributed by atoms with van der Waals surface area (Å²) in [6.07, 6.45) is 1.15. The van der Waals surface area contributed by atoms with Crippen LogP contribution in [0.3, 0.4) is 0 Å². The summed E-state index contributed by atoms with van der Waals surface area (Å²) < 4.78 is 44.6. The monoisotopic (exact) mass is 347 g/mol. The van der Waals surface area contributed by atoms with Gasteiger partial charge in [0.25, 0.3) is 0 Å². The van der Waals surface area contributed by atoms with Gasteiger partial charge < -0.3 is 4.74 Å². The number of hydrogen-bond acceptors (Lipinski definition) is 5. The first kappa shape index (κ1) is 16.4. The first-order chi connectivity index (χ1) is 11.5. The van der Waals surface area contributed by atoms with E-state index in [1.54, 1.807) is 18.2 Å². The second-order valence-corrected chi connectivity index (χ2v) is 7.38. The molecule has 1 aromatic heterocycles. The van der Waals surface area contributed by atoms with E-state index in [9.17, 15) is 12.8 Å². The SMILES string of the molecule is N#Cc1cccnc1OC1CN(S(=O)(=O)Cc2cccc(F)c2)C1. The van der Waals surface area contributed by atoms with Gasteiger partial charge in [-0.05, 0) is 29.8 Å². The van der Waals surface area contributed by atoms with Crippen molar-refractivity contribution in [2.45, 2.75) is 11.9 Å². The van der Waals surface area contributed by atoms with Crippen LogP contribution in [0.15, 0.2) is 42.6 Å². The van der Waals surface area contributed by atoms with Crippen molar-refractivity contribution in [3.8, 4) is 11.9 Å². The number of sulfonamides is 1. The van der Waals surface area contributed by atoms with Crippen molar-refractivity contribution in [2.24, 2.45) is 0 Å². The van der Waals surface area contributed by atoms with Crippen LogP contribution in [0.25, 0.3) is 0 Å². The minimum atomic E-state index is -3.53. The summed E-state index contributed by atoms with van der Waals surface area (Å²) in [7, 11) is -3.53. The molecule has 3 rings (SSSR count). The molecule has 0 amide bonds. The van der Waals surface area contributed by atoms with E-state index in [0.29, 0.717) is 11.1 Å². The zero-order valence-corrected chi connectivity index (χ0v) is 13.4. The highest BCUT2D eigenvalue weighted by atomic mass is 32.2. The number of aromatic nitrogens is 1. The Morgan fingerprint density at radius 1 is 1.33 bits per heavy atom. The largest absolute Gasteiger partial charge is 0.471 e. The third-order valence-electron chi connectivity index (χ3n) is 3.62. The third-order valence-corrected chi connectivity index (χ3v) is 5.40. The Bertz CT molecular complexity index is 889. The van der Waals surface area contributed by atoms with Gasteiger partial charge in [-0.2, -0.15) is 9.57 Å². The normalized spacial score (nSPS) is 15.5. The van der Waals surface area contributed by atoms with Crippen molar-refractivity contribution in [1.29, 1.82) is 5.26 Å². The van der Waals surface area contributed by atoms with Crippen LogP contribution < -0.4 is 4.74 Å². The number of hydrogen-bond donors (Lipinski definition) is 0. The smallest absolute Gasteiger partial charge is 0.232 e. The molecule has 2 aromatic rings. The maximum Gasteiger partial charge on any atom is 0.232 e. The highest BCUT2D eigenvalue weighted by Gasteiger charge is 2.37. The summed E-state index contributed by atoms with van der Waals surface area (Å²) in [5, 5.41) is 8.98. The molecule has 0 saturated carbocycles. The Morgan fingerprint density at radius 3 is 2.83 bits per heavy atom. The van der Waals surface area contributed by atoms with Gasteiger partial charge in [0.05, 0.1) is 18.8 Å². The molecule has 124 valence electrons. The summed E-state index contributed by atoms with van der Waals surface area (Å²) in [6.45, 7) is 0.359. The molecule has 2 heterocycles. The first-order valence-corrected chi connectivity index (χ1v) is 8.83. The number of nitrogens with zero attached hydrogens (tertiary/aromatic N) is 3. The molecule has 1 aromatic carbocycles. The molecule has 0 aliphatic carbocycles. The van der Waals surface area contributed by atoms with Crippen LogP contribution in [0.4, 0.5) is 4.39 Å². The van der Waals surface area contributed by atoms with Gasteiger partial charge >= 0.3 is 0 Å². The number of rotatable bonds is 5. The highest BCUT2D eigenvalue weighted by molar-refractivity contribution is 7.88. The molecule has 1 saturated heterocycles. The summed E-state index contributed by atoms with van der Waals surface area (Å²) in [6, 6.07) is 10.7. The second-order valence-electron chi connectivity index (χ2n) is 5.41. The lowest BCUT2D eigenvalue weighted by Gasteiger charge is -2.37. The van der Waals surface area contributed by atoms with Crippen LogP contribution in [0.5, 0.6) is 5.88 Å². The number of ether oxygens (including phenoxy) is 1. The van der Waals surface area contributed by atoms with Crippen LogP contribution in [0, 0.1) is 17.1 Å². The number of pyridine rings is 1. The third kappa shape index (κ3) is 3.53. The molecule has 0 bridgehead atoms. The molecule has 0 N–H and O–H groups in total. The molecule has 6 nitrogen and oxygen atoms in total. The fraction of sp³-hybridized carbons (Fsp3) is 0.250. The number of benzene rings is 1. The van der Waals surface area contributed by atoms with Gasteiger partial charge in [0, 0.05) is 6.20 Å². The average Bonchev–Trinajstić information content (AvgIpc) is 2.50. The Morgan fingerprint density at radius 2 is 2.12 bits per heavy atom. The van der Waals surface area contributed by atoms with E-state index in [1.165, 1.54) is 28.7 Å². The fourth-order valence-electron chi connectivity index (χ4n) is 2.36. The molecular formula is C16H14FN3O3S. The van der Waals surface area contributed by atoms with Crippen molar-refractivity contribution in [3.05, 3.63) is 59.5 Å². The topological polar surface area (TPSA) is 83.3 Å². The minimum absolute atomic E-state index is 0.180. The van der Waals surface area contributed by atoms with Crippen molar-refractivity contribution < 1.29 is 17.5 Å². The summed E-state index contributed by atoms with van der Waals surface area (Å²) in [5.74, 6) is -0.524. The maximum absolute atomic E-state index is 13.2. The van der Waals surface area contributed by atoms with E-state index in [0.717, 1.165) is 0 Å². The van der Waals surface area contributed by atoms with Gasteiger partial charge in [-0.25, -0.2) is 17.8 Å². The van der Waals surface area contributed by atoms with E-state index >= 15 is 0 Å². The van der Waals surface area contributed by atoms with Crippen LogP contribution in [0.2, 0.25) is 0 Å². The Balaban J connectivity index is 1.60. The maximum atomic E-state index is 13.2. The molecule has 8 heteroatoms. The second kappa shape index (κ2) is 6.55. The van der Waals surface area contributed by atoms with Crippen molar-refractivity contribution >= 4 is 10.0 Å². The standard InChI is InChI=1S/C16H14FN3O3S/c17-14-5-1-3-12(7-14)11-24(21,22)20-9-15(10-20)23-16-13(8-18)4-2-6-19-16/h1-7,15H,9-11H2. The zero-order chi connectivity index (χ0) is 17.2. The average molecular weight is 347 g/mol. The van der Waals surface area contributed by atoms with Crippen molar-refractivity contribution in [1.82, 2.24) is 9.29 Å². The van der Waals surface area contributed by atoms with E-state index in [4.69, 9.17) is 10.00 Å². The molecule has 1 aliphatic rings. The predicted octanol–water partition coefficient (Wildman–Crippen LogP) is 1.69. The van der Waals surface area contributed by atoms with E-state index in [2.05, 4.69) is 4.98 Å². The molecule has 0 spiro atoms. The van der Waals surface area contributed by atoms with Gasteiger partial charge in [-0.1, -0.05) is 12.1 Å². The molecule has 1 fully saturated rings. The van der Waals surface area contributed by atoms with Gasteiger partial charge in [0.1, 0.15) is 23.6 Å². The molecular weight excluding hydrogens is 333 g/mol. The van der Waals surface area contributed by atoms with E-state index in [-0.39, 0.29) is 30.8 Å².